The zero-order valence-corrected chi connectivity index (χ0v) is 16.0. The molecular formula is C20H23N3O2S. The number of hydrogen-bond acceptors (Lipinski definition) is 5. The Labute approximate surface area is 157 Å². The normalized spacial score (nSPS) is 15.7. The molecule has 1 fully saturated rings. The van der Waals surface area contributed by atoms with E-state index in [0.29, 0.717) is 11.0 Å². The van der Waals surface area contributed by atoms with Gasteiger partial charge in [0.25, 0.3) is 0 Å². The maximum absolute atomic E-state index is 12.2. The maximum Gasteiger partial charge on any atom is 0.349 e. The number of hydrogen-bond donors (Lipinski definition) is 0. The first-order valence-electron chi connectivity index (χ1n) is 8.96. The van der Waals surface area contributed by atoms with Crippen LogP contribution in [0.15, 0.2) is 23.2 Å². The number of ether oxygens (including phenoxy) is 1. The summed E-state index contributed by atoms with van der Waals surface area (Å²) in [5.41, 5.74) is 3.21. The molecule has 1 saturated carbocycles. The minimum Gasteiger partial charge on any atom is -0.454 e. The Hall–Kier alpha value is -2.39. The lowest BCUT2D eigenvalue weighted by atomic mass is 9.95. The summed E-state index contributed by atoms with van der Waals surface area (Å²) in [6.45, 7) is 4.24. The smallest absolute Gasteiger partial charge is 0.349 e. The minimum absolute atomic E-state index is 0.0189. The number of carbonyl (C=O) groups is 1. The van der Waals surface area contributed by atoms with E-state index in [2.05, 4.69) is 29.5 Å². The van der Waals surface area contributed by atoms with E-state index >= 15 is 0 Å². The van der Waals surface area contributed by atoms with Gasteiger partial charge in [-0.3, -0.25) is 0 Å². The van der Waals surface area contributed by atoms with Crippen molar-refractivity contribution in [1.82, 2.24) is 9.55 Å². The highest BCUT2D eigenvalue weighted by molar-refractivity contribution is 7.09. The molecule has 2 aromatic rings. The van der Waals surface area contributed by atoms with Crippen molar-refractivity contribution >= 4 is 23.4 Å². The summed E-state index contributed by atoms with van der Waals surface area (Å²) < 4.78 is 7.58. The molecule has 0 aromatic carbocycles. The monoisotopic (exact) mass is 369 g/mol. The fraction of sp³-hybridized carbons (Fsp3) is 0.450. The van der Waals surface area contributed by atoms with Gasteiger partial charge >= 0.3 is 5.97 Å². The third-order valence-electron chi connectivity index (χ3n) is 4.91. The number of carbonyl (C=O) groups excluding carboxylic acids is 1. The van der Waals surface area contributed by atoms with E-state index < -0.39 is 5.97 Å². The van der Waals surface area contributed by atoms with Gasteiger partial charge in [0.1, 0.15) is 23.3 Å². The molecule has 0 spiro atoms. The minimum atomic E-state index is -0.606. The summed E-state index contributed by atoms with van der Waals surface area (Å²) in [5, 5.41) is 11.9. The zero-order chi connectivity index (χ0) is 18.5. The second-order valence-corrected chi connectivity index (χ2v) is 7.64. The van der Waals surface area contributed by atoms with Gasteiger partial charge in [0.15, 0.2) is 0 Å². The molecule has 0 atom stereocenters. The number of thiazole rings is 1. The molecule has 2 heterocycles. The van der Waals surface area contributed by atoms with Crippen molar-refractivity contribution < 1.29 is 9.53 Å². The lowest BCUT2D eigenvalue weighted by Crippen LogP contribution is -2.15. The van der Waals surface area contributed by atoms with E-state index in [9.17, 15) is 10.1 Å². The SMILES string of the molecule is Cc1cc(/C=C(\C#N)C(=O)OCc2nccs2)c(C)n1C1CCCCC1. The van der Waals surface area contributed by atoms with E-state index in [1.165, 1.54) is 49.1 Å². The van der Waals surface area contributed by atoms with Crippen molar-refractivity contribution in [2.24, 2.45) is 0 Å². The molecular weight excluding hydrogens is 346 g/mol. The van der Waals surface area contributed by atoms with Crippen molar-refractivity contribution in [2.45, 2.75) is 58.6 Å². The number of aromatic nitrogens is 2. The van der Waals surface area contributed by atoms with Crippen LogP contribution in [0, 0.1) is 25.2 Å². The first kappa shape index (κ1) is 18.4. The van der Waals surface area contributed by atoms with Crippen molar-refractivity contribution in [3.8, 4) is 6.07 Å². The van der Waals surface area contributed by atoms with Crippen molar-refractivity contribution in [3.63, 3.8) is 0 Å². The van der Waals surface area contributed by atoms with E-state index in [-0.39, 0.29) is 12.2 Å². The van der Waals surface area contributed by atoms with Crippen LogP contribution in [0.3, 0.4) is 0 Å². The molecule has 0 unspecified atom stereocenters. The van der Waals surface area contributed by atoms with Gasteiger partial charge in [-0.2, -0.15) is 5.26 Å². The second-order valence-electron chi connectivity index (χ2n) is 6.66. The van der Waals surface area contributed by atoms with Crippen molar-refractivity contribution in [3.05, 3.63) is 45.2 Å². The van der Waals surface area contributed by atoms with Crippen LogP contribution in [0.4, 0.5) is 0 Å². The van der Waals surface area contributed by atoms with Crippen LogP contribution in [0.25, 0.3) is 6.08 Å². The quantitative estimate of drug-likeness (QED) is 0.434. The number of aryl methyl sites for hydroxylation is 1. The standard InChI is InChI=1S/C20H23N3O2S/c1-14-10-16(15(2)23(14)18-6-4-3-5-7-18)11-17(12-21)20(24)25-13-19-22-8-9-26-19/h8-11,18H,3-7,13H2,1-2H3/b17-11+. The predicted octanol–water partition coefficient (Wildman–Crippen LogP) is 4.72. The topological polar surface area (TPSA) is 67.9 Å². The van der Waals surface area contributed by atoms with E-state index in [1.807, 2.05) is 11.4 Å². The van der Waals surface area contributed by atoms with Gasteiger partial charge in [-0.05, 0) is 44.4 Å². The second kappa shape index (κ2) is 8.33. The Morgan fingerprint density at radius 2 is 2.19 bits per heavy atom. The summed E-state index contributed by atoms with van der Waals surface area (Å²) in [6.07, 6.45) is 9.53. The molecule has 3 rings (SSSR count). The van der Waals surface area contributed by atoms with Crippen LogP contribution in [0.2, 0.25) is 0 Å². The van der Waals surface area contributed by atoms with E-state index in [4.69, 9.17) is 4.74 Å². The predicted molar refractivity (Wildman–Crippen MR) is 102 cm³/mol. The largest absolute Gasteiger partial charge is 0.454 e. The molecule has 0 amide bonds. The summed E-state index contributed by atoms with van der Waals surface area (Å²) >= 11 is 1.42. The highest BCUT2D eigenvalue weighted by Crippen LogP contribution is 2.32. The van der Waals surface area contributed by atoms with Crippen molar-refractivity contribution in [1.29, 1.82) is 5.26 Å². The van der Waals surface area contributed by atoms with Crippen LogP contribution < -0.4 is 0 Å². The highest BCUT2D eigenvalue weighted by atomic mass is 32.1. The van der Waals surface area contributed by atoms with Gasteiger partial charge < -0.3 is 9.30 Å². The first-order chi connectivity index (χ1) is 12.6. The molecule has 1 aliphatic rings. The molecule has 6 heteroatoms. The van der Waals surface area contributed by atoms with E-state index in [0.717, 1.165) is 11.3 Å². The summed E-state index contributed by atoms with van der Waals surface area (Å²) in [6, 6.07) is 4.55. The molecule has 136 valence electrons. The molecule has 2 aromatic heterocycles. The molecule has 26 heavy (non-hydrogen) atoms. The van der Waals surface area contributed by atoms with E-state index in [1.54, 1.807) is 12.3 Å². The molecule has 0 aliphatic heterocycles. The molecule has 5 nitrogen and oxygen atoms in total. The summed E-state index contributed by atoms with van der Waals surface area (Å²) in [4.78, 5) is 16.3. The Kier molecular flexibility index (Phi) is 5.89. The summed E-state index contributed by atoms with van der Waals surface area (Å²) in [5.74, 6) is -0.606. The van der Waals surface area contributed by atoms with Gasteiger partial charge in [0.05, 0.1) is 0 Å². The van der Waals surface area contributed by atoms with Gasteiger partial charge in [-0.25, -0.2) is 9.78 Å². The Bertz CT molecular complexity index is 837. The number of esters is 1. The van der Waals surface area contributed by atoms with Gasteiger partial charge in [-0.1, -0.05) is 19.3 Å². The zero-order valence-electron chi connectivity index (χ0n) is 15.2. The summed E-state index contributed by atoms with van der Waals surface area (Å²) in [7, 11) is 0. The number of rotatable bonds is 5. The third kappa shape index (κ3) is 4.05. The van der Waals surface area contributed by atoms with Gasteiger partial charge in [0.2, 0.25) is 0 Å². The highest BCUT2D eigenvalue weighted by Gasteiger charge is 2.20. The molecule has 0 radical (unpaired) electrons. The first-order valence-corrected chi connectivity index (χ1v) is 9.84. The Balaban J connectivity index is 1.78. The molecule has 0 N–H and O–H groups in total. The van der Waals surface area contributed by atoms with Crippen LogP contribution in [-0.4, -0.2) is 15.5 Å². The van der Waals surface area contributed by atoms with Crippen molar-refractivity contribution in [2.75, 3.05) is 0 Å². The fourth-order valence-electron chi connectivity index (χ4n) is 3.67. The number of nitriles is 1. The Morgan fingerprint density at radius 3 is 2.85 bits per heavy atom. The fourth-order valence-corrected chi connectivity index (χ4v) is 4.20. The molecule has 0 bridgehead atoms. The lowest BCUT2D eigenvalue weighted by Gasteiger charge is -2.26. The average molecular weight is 369 g/mol. The van der Waals surface area contributed by atoms with Crippen LogP contribution >= 0.6 is 11.3 Å². The Morgan fingerprint density at radius 1 is 1.42 bits per heavy atom. The van der Waals surface area contributed by atoms with Gasteiger partial charge in [-0.15, -0.1) is 11.3 Å². The maximum atomic E-state index is 12.2. The third-order valence-corrected chi connectivity index (χ3v) is 5.67. The van der Waals surface area contributed by atoms with Crippen LogP contribution in [-0.2, 0) is 16.1 Å². The molecule has 1 aliphatic carbocycles. The average Bonchev–Trinajstić information content (AvgIpc) is 3.26. The lowest BCUT2D eigenvalue weighted by molar-refractivity contribution is -0.139. The van der Waals surface area contributed by atoms with Crippen LogP contribution in [0.5, 0.6) is 0 Å². The molecule has 0 saturated heterocycles. The van der Waals surface area contributed by atoms with Gasteiger partial charge in [0, 0.05) is 29.0 Å². The van der Waals surface area contributed by atoms with Crippen LogP contribution in [0.1, 0.15) is 60.1 Å². The number of nitrogens with zero attached hydrogens (tertiary/aromatic N) is 3.